The van der Waals surface area contributed by atoms with Gasteiger partial charge >= 0.3 is 0 Å². The van der Waals surface area contributed by atoms with E-state index >= 15 is 0 Å². The highest BCUT2D eigenvalue weighted by molar-refractivity contribution is 5.75. The van der Waals surface area contributed by atoms with Gasteiger partial charge in [-0.05, 0) is 18.6 Å². The Hall–Kier alpha value is -1.72. The SMILES string of the molecule is CNC(=O)CCCNc1ccc(F)c(F)c1F. The molecule has 0 heterocycles. The van der Waals surface area contributed by atoms with E-state index in [2.05, 4.69) is 10.6 Å². The number of amides is 1. The summed E-state index contributed by atoms with van der Waals surface area (Å²) in [6, 6.07) is 1.97. The highest BCUT2D eigenvalue weighted by Crippen LogP contribution is 2.19. The number of carbonyl (C=O) groups is 1. The molecule has 1 rings (SSSR count). The van der Waals surface area contributed by atoms with Crippen LogP contribution in [0, 0.1) is 17.5 Å². The minimum atomic E-state index is -1.50. The van der Waals surface area contributed by atoms with E-state index in [1.165, 1.54) is 7.05 Å². The molecular weight excluding hydrogens is 233 g/mol. The van der Waals surface area contributed by atoms with Gasteiger partial charge in [-0.2, -0.15) is 0 Å². The molecule has 0 fully saturated rings. The number of benzene rings is 1. The van der Waals surface area contributed by atoms with E-state index in [-0.39, 0.29) is 18.0 Å². The second-order valence-electron chi connectivity index (χ2n) is 3.43. The van der Waals surface area contributed by atoms with Crippen LogP contribution in [0.1, 0.15) is 12.8 Å². The maximum Gasteiger partial charge on any atom is 0.219 e. The zero-order chi connectivity index (χ0) is 12.8. The van der Waals surface area contributed by atoms with E-state index in [9.17, 15) is 18.0 Å². The molecule has 0 spiro atoms. The molecule has 1 aromatic rings. The molecule has 6 heteroatoms. The number of anilines is 1. The maximum atomic E-state index is 13.2. The lowest BCUT2D eigenvalue weighted by Gasteiger charge is -2.07. The van der Waals surface area contributed by atoms with Crippen LogP contribution in [0.25, 0.3) is 0 Å². The highest BCUT2D eigenvalue weighted by atomic mass is 19.2. The lowest BCUT2D eigenvalue weighted by molar-refractivity contribution is -0.120. The average Bonchev–Trinajstić information content (AvgIpc) is 2.33. The van der Waals surface area contributed by atoms with Crippen LogP contribution in [0.5, 0.6) is 0 Å². The first-order valence-corrected chi connectivity index (χ1v) is 5.14. The molecule has 94 valence electrons. The van der Waals surface area contributed by atoms with Gasteiger partial charge in [-0.15, -0.1) is 0 Å². The quantitative estimate of drug-likeness (QED) is 0.616. The predicted octanol–water partition coefficient (Wildman–Crippen LogP) is 2.04. The third-order valence-corrected chi connectivity index (χ3v) is 2.21. The van der Waals surface area contributed by atoms with Crippen molar-refractivity contribution < 1.29 is 18.0 Å². The van der Waals surface area contributed by atoms with Crippen molar-refractivity contribution in [1.29, 1.82) is 0 Å². The lowest BCUT2D eigenvalue weighted by Crippen LogP contribution is -2.18. The van der Waals surface area contributed by atoms with Gasteiger partial charge in [0.1, 0.15) is 0 Å². The van der Waals surface area contributed by atoms with E-state index in [1.807, 2.05) is 0 Å². The van der Waals surface area contributed by atoms with Crippen LogP contribution in [0.4, 0.5) is 18.9 Å². The fourth-order valence-corrected chi connectivity index (χ4v) is 1.26. The summed E-state index contributed by atoms with van der Waals surface area (Å²) in [7, 11) is 1.52. The minimum Gasteiger partial charge on any atom is -0.383 e. The maximum absolute atomic E-state index is 13.2. The second kappa shape index (κ2) is 6.12. The minimum absolute atomic E-state index is 0.110. The molecule has 0 aliphatic heterocycles. The first-order chi connectivity index (χ1) is 8.06. The predicted molar refractivity (Wildman–Crippen MR) is 58.1 cm³/mol. The first kappa shape index (κ1) is 13.3. The van der Waals surface area contributed by atoms with Crippen molar-refractivity contribution in [3.05, 3.63) is 29.6 Å². The molecule has 0 radical (unpaired) electrons. The molecule has 3 nitrogen and oxygen atoms in total. The Balaban J connectivity index is 2.47. The van der Waals surface area contributed by atoms with Gasteiger partial charge in [0.2, 0.25) is 5.91 Å². The van der Waals surface area contributed by atoms with Crippen LogP contribution in [0.2, 0.25) is 0 Å². The van der Waals surface area contributed by atoms with Gasteiger partial charge in [0.15, 0.2) is 17.5 Å². The molecule has 0 aromatic heterocycles. The van der Waals surface area contributed by atoms with Crippen molar-refractivity contribution >= 4 is 11.6 Å². The van der Waals surface area contributed by atoms with Gasteiger partial charge in [0.25, 0.3) is 0 Å². The molecule has 0 aliphatic carbocycles. The van der Waals surface area contributed by atoms with E-state index in [0.717, 1.165) is 12.1 Å². The summed E-state index contributed by atoms with van der Waals surface area (Å²) in [4.78, 5) is 10.9. The third kappa shape index (κ3) is 3.65. The number of halogens is 3. The van der Waals surface area contributed by atoms with Gasteiger partial charge in [-0.1, -0.05) is 0 Å². The standard InChI is InChI=1S/C11H13F3N2O/c1-15-9(17)3-2-6-16-8-5-4-7(12)10(13)11(8)14/h4-5,16H,2-3,6H2,1H3,(H,15,17). The summed E-state index contributed by atoms with van der Waals surface area (Å²) >= 11 is 0. The molecule has 0 unspecified atom stereocenters. The molecular formula is C11H13F3N2O. The van der Waals surface area contributed by atoms with E-state index in [1.54, 1.807) is 0 Å². The molecule has 17 heavy (non-hydrogen) atoms. The van der Waals surface area contributed by atoms with Crippen molar-refractivity contribution in [3.8, 4) is 0 Å². The van der Waals surface area contributed by atoms with Gasteiger partial charge < -0.3 is 10.6 Å². The van der Waals surface area contributed by atoms with Crippen LogP contribution in [-0.4, -0.2) is 19.5 Å². The number of hydrogen-bond donors (Lipinski definition) is 2. The molecule has 2 N–H and O–H groups in total. The second-order valence-corrected chi connectivity index (χ2v) is 3.43. The molecule has 0 aliphatic rings. The zero-order valence-corrected chi connectivity index (χ0v) is 9.32. The van der Waals surface area contributed by atoms with Gasteiger partial charge in [-0.3, -0.25) is 4.79 Å². The van der Waals surface area contributed by atoms with Crippen LogP contribution in [0.15, 0.2) is 12.1 Å². The largest absolute Gasteiger partial charge is 0.383 e. The Labute approximate surface area is 97.0 Å². The zero-order valence-electron chi connectivity index (χ0n) is 9.32. The summed E-state index contributed by atoms with van der Waals surface area (Å²) in [6.45, 7) is 0.301. The van der Waals surface area contributed by atoms with Crippen LogP contribution < -0.4 is 10.6 Å². The Morgan fingerprint density at radius 2 is 1.94 bits per heavy atom. The average molecular weight is 246 g/mol. The van der Waals surface area contributed by atoms with Gasteiger partial charge in [-0.25, -0.2) is 13.2 Å². The van der Waals surface area contributed by atoms with Crippen molar-refractivity contribution in [3.63, 3.8) is 0 Å². The summed E-state index contributed by atoms with van der Waals surface area (Å²) in [5.41, 5.74) is -0.110. The lowest BCUT2D eigenvalue weighted by atomic mass is 10.2. The molecule has 1 amide bonds. The molecule has 0 saturated heterocycles. The smallest absolute Gasteiger partial charge is 0.219 e. The van der Waals surface area contributed by atoms with Gasteiger partial charge in [0, 0.05) is 20.0 Å². The molecule has 0 atom stereocenters. The monoisotopic (exact) mass is 246 g/mol. The normalized spacial score (nSPS) is 10.1. The van der Waals surface area contributed by atoms with Gasteiger partial charge in [0.05, 0.1) is 5.69 Å². The van der Waals surface area contributed by atoms with Crippen molar-refractivity contribution in [1.82, 2.24) is 5.32 Å². The number of rotatable bonds is 5. The Kier molecular flexibility index (Phi) is 4.81. The number of nitrogens with one attached hydrogen (secondary N) is 2. The topological polar surface area (TPSA) is 41.1 Å². The van der Waals surface area contributed by atoms with Crippen LogP contribution in [-0.2, 0) is 4.79 Å². The summed E-state index contributed by atoms with van der Waals surface area (Å²) < 4.78 is 38.6. The first-order valence-electron chi connectivity index (χ1n) is 5.14. The third-order valence-electron chi connectivity index (χ3n) is 2.21. The molecule has 0 bridgehead atoms. The van der Waals surface area contributed by atoms with Crippen molar-refractivity contribution in [2.24, 2.45) is 0 Å². The van der Waals surface area contributed by atoms with Crippen LogP contribution >= 0.6 is 0 Å². The fourth-order valence-electron chi connectivity index (χ4n) is 1.26. The van der Waals surface area contributed by atoms with Crippen molar-refractivity contribution in [2.75, 3.05) is 18.9 Å². The van der Waals surface area contributed by atoms with E-state index in [4.69, 9.17) is 0 Å². The number of hydrogen-bond acceptors (Lipinski definition) is 2. The Bertz CT molecular complexity index is 410. The molecule has 0 saturated carbocycles. The number of carbonyl (C=O) groups excluding carboxylic acids is 1. The van der Waals surface area contributed by atoms with E-state index < -0.39 is 17.5 Å². The van der Waals surface area contributed by atoms with Crippen molar-refractivity contribution in [2.45, 2.75) is 12.8 Å². The van der Waals surface area contributed by atoms with Crippen LogP contribution in [0.3, 0.4) is 0 Å². The fraction of sp³-hybridized carbons (Fsp3) is 0.364. The summed E-state index contributed by atoms with van der Waals surface area (Å²) in [6.07, 6.45) is 0.757. The Morgan fingerprint density at radius 3 is 2.59 bits per heavy atom. The Morgan fingerprint density at radius 1 is 1.24 bits per heavy atom. The highest BCUT2D eigenvalue weighted by Gasteiger charge is 2.12. The molecule has 1 aromatic carbocycles. The summed E-state index contributed by atoms with van der Waals surface area (Å²) in [5, 5.41) is 5.04. The summed E-state index contributed by atoms with van der Waals surface area (Å²) in [5.74, 6) is -4.10. The van der Waals surface area contributed by atoms with E-state index in [0.29, 0.717) is 13.0 Å².